The molecule has 0 bridgehead atoms. The molecule has 0 atom stereocenters. The number of nitrogens with zero attached hydrogens (tertiary/aromatic N) is 3. The number of aromatic carboxylic acids is 1. The van der Waals surface area contributed by atoms with Gasteiger partial charge in [-0.1, -0.05) is 6.92 Å². The quantitative estimate of drug-likeness (QED) is 0.884. The maximum absolute atomic E-state index is 10.8. The number of rotatable bonds is 4. The van der Waals surface area contributed by atoms with Crippen LogP contribution in [0.1, 0.15) is 23.0 Å². The summed E-state index contributed by atoms with van der Waals surface area (Å²) in [5.41, 5.74) is 0. The van der Waals surface area contributed by atoms with Crippen molar-refractivity contribution >= 4 is 17.3 Å². The third kappa shape index (κ3) is 1.96. The zero-order valence-electron chi connectivity index (χ0n) is 8.75. The highest BCUT2D eigenvalue weighted by Crippen LogP contribution is 2.26. The van der Waals surface area contributed by atoms with Crippen LogP contribution in [0.3, 0.4) is 0 Å². The second-order valence-electron chi connectivity index (χ2n) is 3.28. The minimum Gasteiger partial charge on any atom is -0.477 e. The molecule has 84 valence electrons. The first kappa shape index (κ1) is 10.8. The first-order valence-electron chi connectivity index (χ1n) is 4.93. The van der Waals surface area contributed by atoms with E-state index in [1.807, 2.05) is 0 Å². The van der Waals surface area contributed by atoms with Crippen molar-refractivity contribution in [1.82, 2.24) is 14.8 Å². The highest BCUT2D eigenvalue weighted by atomic mass is 32.1. The molecular formula is C10H11N3O2S. The van der Waals surface area contributed by atoms with Gasteiger partial charge in [0, 0.05) is 6.54 Å². The summed E-state index contributed by atoms with van der Waals surface area (Å²) in [5.74, 6) is -0.169. The molecule has 0 saturated carbocycles. The van der Waals surface area contributed by atoms with E-state index in [9.17, 15) is 4.79 Å². The average Bonchev–Trinajstić information content (AvgIpc) is 2.84. The van der Waals surface area contributed by atoms with Crippen LogP contribution in [0.2, 0.25) is 0 Å². The molecule has 2 rings (SSSR count). The van der Waals surface area contributed by atoms with Gasteiger partial charge >= 0.3 is 5.97 Å². The van der Waals surface area contributed by atoms with Crippen molar-refractivity contribution in [1.29, 1.82) is 0 Å². The SMILES string of the molecule is CCCn1ncnc1-c1ccc(C(=O)O)s1. The summed E-state index contributed by atoms with van der Waals surface area (Å²) in [7, 11) is 0. The minimum atomic E-state index is -0.905. The van der Waals surface area contributed by atoms with E-state index in [1.165, 1.54) is 17.7 Å². The molecule has 6 heteroatoms. The Balaban J connectivity index is 2.34. The highest BCUT2D eigenvalue weighted by Gasteiger charge is 2.12. The van der Waals surface area contributed by atoms with E-state index in [0.29, 0.717) is 4.88 Å². The number of thiophene rings is 1. The molecule has 0 aliphatic carbocycles. The molecule has 2 heterocycles. The first-order chi connectivity index (χ1) is 7.72. The van der Waals surface area contributed by atoms with Gasteiger partial charge in [-0.05, 0) is 18.6 Å². The van der Waals surface area contributed by atoms with Crippen molar-refractivity contribution in [2.75, 3.05) is 0 Å². The fourth-order valence-electron chi connectivity index (χ4n) is 1.40. The predicted molar refractivity (Wildman–Crippen MR) is 60.6 cm³/mol. The molecule has 0 radical (unpaired) electrons. The molecule has 0 spiro atoms. The van der Waals surface area contributed by atoms with Gasteiger partial charge in [-0.25, -0.2) is 14.5 Å². The van der Waals surface area contributed by atoms with Crippen molar-refractivity contribution in [3.63, 3.8) is 0 Å². The standard InChI is InChI=1S/C10H11N3O2S/c1-2-5-13-9(11-6-12-13)7-3-4-8(16-7)10(14)15/h3-4,6H,2,5H2,1H3,(H,14,15). The van der Waals surface area contributed by atoms with Crippen LogP contribution in [0.5, 0.6) is 0 Å². The highest BCUT2D eigenvalue weighted by molar-refractivity contribution is 7.17. The molecule has 0 fully saturated rings. The summed E-state index contributed by atoms with van der Waals surface area (Å²) < 4.78 is 1.79. The van der Waals surface area contributed by atoms with Crippen molar-refractivity contribution < 1.29 is 9.90 Å². The molecule has 0 aromatic carbocycles. The van der Waals surface area contributed by atoms with Gasteiger partial charge in [0.15, 0.2) is 5.82 Å². The summed E-state index contributed by atoms with van der Waals surface area (Å²) in [6.45, 7) is 2.85. The van der Waals surface area contributed by atoms with Crippen molar-refractivity contribution in [2.24, 2.45) is 0 Å². The van der Waals surface area contributed by atoms with Crippen molar-refractivity contribution in [3.8, 4) is 10.7 Å². The first-order valence-corrected chi connectivity index (χ1v) is 5.75. The smallest absolute Gasteiger partial charge is 0.345 e. The normalized spacial score (nSPS) is 10.6. The Morgan fingerprint density at radius 3 is 3.00 bits per heavy atom. The zero-order chi connectivity index (χ0) is 11.5. The van der Waals surface area contributed by atoms with E-state index >= 15 is 0 Å². The van der Waals surface area contributed by atoms with Crippen LogP contribution in [0.4, 0.5) is 0 Å². The molecule has 1 N–H and O–H groups in total. The summed E-state index contributed by atoms with van der Waals surface area (Å²) in [4.78, 5) is 16.1. The minimum absolute atomic E-state index is 0.320. The molecule has 0 aliphatic heterocycles. The lowest BCUT2D eigenvalue weighted by molar-refractivity contribution is 0.0702. The third-order valence-electron chi connectivity index (χ3n) is 2.09. The largest absolute Gasteiger partial charge is 0.477 e. The Labute approximate surface area is 96.4 Å². The maximum atomic E-state index is 10.8. The van der Waals surface area contributed by atoms with E-state index in [0.717, 1.165) is 23.7 Å². The molecule has 0 aliphatic rings. The van der Waals surface area contributed by atoms with E-state index in [2.05, 4.69) is 17.0 Å². The average molecular weight is 237 g/mol. The number of carboxylic acids is 1. The van der Waals surface area contributed by atoms with Crippen LogP contribution in [-0.4, -0.2) is 25.8 Å². The molecule has 2 aromatic heterocycles. The van der Waals surface area contributed by atoms with Crippen LogP contribution < -0.4 is 0 Å². The lowest BCUT2D eigenvalue weighted by Crippen LogP contribution is -2.00. The van der Waals surface area contributed by atoms with E-state index in [4.69, 9.17) is 5.11 Å². The van der Waals surface area contributed by atoms with Gasteiger partial charge in [-0.2, -0.15) is 5.10 Å². The van der Waals surface area contributed by atoms with E-state index in [1.54, 1.807) is 16.8 Å². The zero-order valence-corrected chi connectivity index (χ0v) is 9.57. The van der Waals surface area contributed by atoms with Crippen molar-refractivity contribution in [3.05, 3.63) is 23.3 Å². The number of aryl methyl sites for hydroxylation is 1. The number of hydrogen-bond donors (Lipinski definition) is 1. The lowest BCUT2D eigenvalue weighted by atomic mass is 10.4. The fourth-order valence-corrected chi connectivity index (χ4v) is 2.25. The Kier molecular flexibility index (Phi) is 3.00. The Morgan fingerprint density at radius 1 is 1.56 bits per heavy atom. The number of aromatic nitrogens is 3. The summed E-state index contributed by atoms with van der Waals surface area (Å²) in [6.07, 6.45) is 2.46. The summed E-state index contributed by atoms with van der Waals surface area (Å²) >= 11 is 1.22. The van der Waals surface area contributed by atoms with Gasteiger partial charge in [0.05, 0.1) is 4.88 Å². The lowest BCUT2D eigenvalue weighted by Gasteiger charge is -2.00. The topological polar surface area (TPSA) is 68.0 Å². The molecule has 0 amide bonds. The van der Waals surface area contributed by atoms with Gasteiger partial charge in [0.1, 0.15) is 11.2 Å². The second-order valence-corrected chi connectivity index (χ2v) is 4.36. The van der Waals surface area contributed by atoms with Gasteiger partial charge < -0.3 is 5.11 Å². The molecule has 5 nitrogen and oxygen atoms in total. The van der Waals surface area contributed by atoms with Crippen molar-refractivity contribution in [2.45, 2.75) is 19.9 Å². The van der Waals surface area contributed by atoms with Gasteiger partial charge in [0.2, 0.25) is 0 Å². The van der Waals surface area contributed by atoms with Crippen LogP contribution in [0, 0.1) is 0 Å². The number of carboxylic acid groups (broad SMARTS) is 1. The van der Waals surface area contributed by atoms with Gasteiger partial charge in [-0.15, -0.1) is 11.3 Å². The summed E-state index contributed by atoms with van der Waals surface area (Å²) in [6, 6.07) is 3.36. The Morgan fingerprint density at radius 2 is 2.38 bits per heavy atom. The predicted octanol–water partition coefficient (Wildman–Crippen LogP) is 2.11. The van der Waals surface area contributed by atoms with Crippen LogP contribution >= 0.6 is 11.3 Å². The number of hydrogen-bond acceptors (Lipinski definition) is 4. The second kappa shape index (κ2) is 4.44. The van der Waals surface area contributed by atoms with Crippen LogP contribution in [0.25, 0.3) is 10.7 Å². The third-order valence-corrected chi connectivity index (χ3v) is 3.16. The van der Waals surface area contributed by atoms with Gasteiger partial charge in [0.25, 0.3) is 0 Å². The molecule has 2 aromatic rings. The van der Waals surface area contributed by atoms with E-state index in [-0.39, 0.29) is 0 Å². The molecule has 0 unspecified atom stereocenters. The molecule has 16 heavy (non-hydrogen) atoms. The molecular weight excluding hydrogens is 226 g/mol. The summed E-state index contributed by atoms with van der Waals surface area (Å²) in [5, 5.41) is 12.9. The van der Waals surface area contributed by atoms with Crippen LogP contribution in [-0.2, 0) is 6.54 Å². The Bertz CT molecular complexity index is 504. The van der Waals surface area contributed by atoms with E-state index < -0.39 is 5.97 Å². The van der Waals surface area contributed by atoms with Gasteiger partial charge in [-0.3, -0.25) is 0 Å². The fraction of sp³-hybridized carbons (Fsp3) is 0.300. The number of carbonyl (C=O) groups is 1. The monoisotopic (exact) mass is 237 g/mol. The van der Waals surface area contributed by atoms with Crippen LogP contribution in [0.15, 0.2) is 18.5 Å². The molecule has 0 saturated heterocycles. The Hall–Kier alpha value is -1.69. The maximum Gasteiger partial charge on any atom is 0.345 e.